The van der Waals surface area contributed by atoms with Gasteiger partial charge in [0, 0.05) is 19.0 Å². The van der Waals surface area contributed by atoms with Crippen LogP contribution < -0.4 is 10.6 Å². The van der Waals surface area contributed by atoms with Gasteiger partial charge in [0.25, 0.3) is 0 Å². The monoisotopic (exact) mass is 250 g/mol. The second-order valence-corrected chi connectivity index (χ2v) is 3.98. The lowest BCUT2D eigenvalue weighted by Gasteiger charge is -2.23. The second kappa shape index (κ2) is 5.44. The number of hydrogen-bond acceptors (Lipinski definition) is 6. The molecule has 7 heteroatoms. The van der Waals surface area contributed by atoms with Crippen molar-refractivity contribution >= 4 is 17.7 Å². The number of carbonyl (C=O) groups is 2. The summed E-state index contributed by atoms with van der Waals surface area (Å²) in [4.78, 5) is 22.2. The molecule has 0 radical (unpaired) electrons. The van der Waals surface area contributed by atoms with E-state index in [1.54, 1.807) is 12.1 Å². The number of piperidine rings is 1. The van der Waals surface area contributed by atoms with Crippen molar-refractivity contribution in [3.63, 3.8) is 0 Å². The molecule has 18 heavy (non-hydrogen) atoms. The van der Waals surface area contributed by atoms with Crippen LogP contribution >= 0.6 is 0 Å². The predicted octanol–water partition coefficient (Wildman–Crippen LogP) is -0.0463. The fraction of sp³-hybridized carbons (Fsp3) is 0.455. The summed E-state index contributed by atoms with van der Waals surface area (Å²) >= 11 is 0. The van der Waals surface area contributed by atoms with Gasteiger partial charge < -0.3 is 15.4 Å². The average Bonchev–Trinajstić information content (AvgIpc) is 2.41. The summed E-state index contributed by atoms with van der Waals surface area (Å²) in [6, 6.07) is 3.35. The zero-order valence-corrected chi connectivity index (χ0v) is 9.97. The minimum Gasteiger partial charge on any atom is -0.464 e. The zero-order valence-electron chi connectivity index (χ0n) is 9.97. The summed E-state index contributed by atoms with van der Waals surface area (Å²) in [7, 11) is 1.29. The van der Waals surface area contributed by atoms with Crippen molar-refractivity contribution in [2.45, 2.75) is 18.9 Å². The fourth-order valence-electron chi connectivity index (χ4n) is 1.69. The molecule has 1 saturated heterocycles. The molecule has 0 saturated carbocycles. The molecule has 1 aliphatic rings. The number of esters is 1. The summed E-state index contributed by atoms with van der Waals surface area (Å²) in [6.07, 6.45) is 1.26. The van der Waals surface area contributed by atoms with Gasteiger partial charge in [-0.05, 0) is 18.6 Å². The molecule has 1 fully saturated rings. The quantitative estimate of drug-likeness (QED) is 0.731. The standard InChI is InChI=1S/C11H14N4O3/c1-18-11(17)8-3-4-9(15-14-8)13-7-2-5-10(16)12-6-7/h3-4,7H,2,5-6H2,1H3,(H,12,16)(H,13,15). The Balaban J connectivity index is 1.94. The Hall–Kier alpha value is -2.18. The first-order valence-electron chi connectivity index (χ1n) is 5.64. The maximum Gasteiger partial charge on any atom is 0.358 e. The van der Waals surface area contributed by atoms with Gasteiger partial charge in [-0.3, -0.25) is 4.79 Å². The van der Waals surface area contributed by atoms with E-state index in [1.165, 1.54) is 7.11 Å². The fourth-order valence-corrected chi connectivity index (χ4v) is 1.69. The number of aromatic nitrogens is 2. The first-order chi connectivity index (χ1) is 8.69. The zero-order chi connectivity index (χ0) is 13.0. The van der Waals surface area contributed by atoms with Crippen LogP contribution in [-0.2, 0) is 9.53 Å². The van der Waals surface area contributed by atoms with Gasteiger partial charge in [0.05, 0.1) is 7.11 Å². The molecule has 2 rings (SSSR count). The molecule has 0 bridgehead atoms. The van der Waals surface area contributed by atoms with Gasteiger partial charge in [0.2, 0.25) is 5.91 Å². The van der Waals surface area contributed by atoms with Crippen LogP contribution in [0.2, 0.25) is 0 Å². The van der Waals surface area contributed by atoms with Gasteiger partial charge in [0.1, 0.15) is 5.82 Å². The number of amides is 1. The van der Waals surface area contributed by atoms with E-state index in [0.29, 0.717) is 18.8 Å². The molecule has 96 valence electrons. The van der Waals surface area contributed by atoms with Crippen LogP contribution in [0.4, 0.5) is 5.82 Å². The molecule has 0 aliphatic carbocycles. The Morgan fingerprint density at radius 3 is 2.89 bits per heavy atom. The summed E-state index contributed by atoms with van der Waals surface area (Å²) in [5.74, 6) is 0.128. The molecular weight excluding hydrogens is 236 g/mol. The van der Waals surface area contributed by atoms with Crippen LogP contribution in [0.1, 0.15) is 23.3 Å². The second-order valence-electron chi connectivity index (χ2n) is 3.98. The van der Waals surface area contributed by atoms with Gasteiger partial charge in [-0.15, -0.1) is 10.2 Å². The van der Waals surface area contributed by atoms with Gasteiger partial charge >= 0.3 is 5.97 Å². The Bertz CT molecular complexity index is 436. The molecule has 2 N–H and O–H groups in total. The van der Waals surface area contributed by atoms with Crippen molar-refractivity contribution in [2.24, 2.45) is 0 Å². The first kappa shape index (κ1) is 12.3. The highest BCUT2D eigenvalue weighted by Crippen LogP contribution is 2.10. The van der Waals surface area contributed by atoms with Gasteiger partial charge in [-0.25, -0.2) is 4.79 Å². The van der Waals surface area contributed by atoms with Gasteiger partial charge in [-0.1, -0.05) is 0 Å². The Morgan fingerprint density at radius 2 is 2.33 bits per heavy atom. The highest BCUT2D eigenvalue weighted by molar-refractivity contribution is 5.86. The molecule has 0 spiro atoms. The number of methoxy groups -OCH3 is 1. The summed E-state index contributed by atoms with van der Waals surface area (Å²) in [5, 5.41) is 13.6. The molecule has 7 nitrogen and oxygen atoms in total. The highest BCUT2D eigenvalue weighted by Gasteiger charge is 2.18. The number of hydrogen-bond donors (Lipinski definition) is 2. The number of anilines is 1. The minimum absolute atomic E-state index is 0.0696. The molecular formula is C11H14N4O3. The van der Waals surface area contributed by atoms with Crippen LogP contribution in [0.5, 0.6) is 0 Å². The van der Waals surface area contributed by atoms with Gasteiger partial charge in [-0.2, -0.15) is 0 Å². The van der Waals surface area contributed by atoms with Crippen LogP contribution in [-0.4, -0.2) is 41.8 Å². The summed E-state index contributed by atoms with van der Waals surface area (Å²) in [6.45, 7) is 0.569. The van der Waals surface area contributed by atoms with E-state index in [1.807, 2.05) is 0 Å². The molecule has 1 aliphatic heterocycles. The molecule has 2 heterocycles. The Labute approximate surface area is 104 Å². The first-order valence-corrected chi connectivity index (χ1v) is 5.64. The molecule has 0 aromatic carbocycles. The van der Waals surface area contributed by atoms with Crippen LogP contribution in [0.25, 0.3) is 0 Å². The van der Waals surface area contributed by atoms with Crippen molar-refractivity contribution in [1.82, 2.24) is 15.5 Å². The summed E-state index contributed by atoms with van der Waals surface area (Å²) in [5.41, 5.74) is 0.167. The maximum absolute atomic E-state index is 11.2. The normalized spacial score (nSPS) is 18.9. The van der Waals surface area contributed by atoms with Crippen molar-refractivity contribution in [1.29, 1.82) is 0 Å². The van der Waals surface area contributed by atoms with E-state index < -0.39 is 5.97 Å². The lowest BCUT2D eigenvalue weighted by atomic mass is 10.1. The predicted molar refractivity (Wildman–Crippen MR) is 63.0 cm³/mol. The summed E-state index contributed by atoms with van der Waals surface area (Å²) < 4.78 is 4.53. The highest BCUT2D eigenvalue weighted by atomic mass is 16.5. The van der Waals surface area contributed by atoms with Crippen LogP contribution in [0.3, 0.4) is 0 Å². The topological polar surface area (TPSA) is 93.2 Å². The molecule has 1 aromatic heterocycles. The third-order valence-electron chi connectivity index (χ3n) is 2.68. The van der Waals surface area contributed by atoms with Crippen molar-refractivity contribution in [3.05, 3.63) is 17.8 Å². The van der Waals surface area contributed by atoms with Crippen LogP contribution in [0.15, 0.2) is 12.1 Å². The van der Waals surface area contributed by atoms with E-state index in [-0.39, 0.29) is 17.6 Å². The third-order valence-corrected chi connectivity index (χ3v) is 2.68. The number of carbonyl (C=O) groups excluding carboxylic acids is 2. The Kier molecular flexibility index (Phi) is 3.71. The Morgan fingerprint density at radius 1 is 1.50 bits per heavy atom. The molecule has 1 unspecified atom stereocenters. The minimum atomic E-state index is -0.515. The smallest absolute Gasteiger partial charge is 0.358 e. The van der Waals surface area contributed by atoms with E-state index in [0.717, 1.165) is 6.42 Å². The van der Waals surface area contributed by atoms with E-state index in [2.05, 4.69) is 25.6 Å². The van der Waals surface area contributed by atoms with E-state index >= 15 is 0 Å². The lowest BCUT2D eigenvalue weighted by molar-refractivity contribution is -0.122. The van der Waals surface area contributed by atoms with E-state index in [4.69, 9.17) is 0 Å². The number of rotatable bonds is 3. The van der Waals surface area contributed by atoms with Crippen molar-refractivity contribution in [3.8, 4) is 0 Å². The average molecular weight is 250 g/mol. The maximum atomic E-state index is 11.2. The number of ether oxygens (including phenoxy) is 1. The number of nitrogens with zero attached hydrogens (tertiary/aromatic N) is 2. The number of nitrogens with one attached hydrogen (secondary N) is 2. The molecule has 1 aromatic rings. The SMILES string of the molecule is COC(=O)c1ccc(NC2CCC(=O)NC2)nn1. The third kappa shape index (κ3) is 2.93. The van der Waals surface area contributed by atoms with Crippen molar-refractivity contribution < 1.29 is 14.3 Å². The van der Waals surface area contributed by atoms with Gasteiger partial charge in [0.15, 0.2) is 5.69 Å². The molecule has 1 amide bonds. The van der Waals surface area contributed by atoms with Crippen molar-refractivity contribution in [2.75, 3.05) is 19.0 Å². The largest absolute Gasteiger partial charge is 0.464 e. The van der Waals surface area contributed by atoms with Crippen LogP contribution in [0, 0.1) is 0 Å². The van der Waals surface area contributed by atoms with E-state index in [9.17, 15) is 9.59 Å². The molecule has 1 atom stereocenters. The lowest BCUT2D eigenvalue weighted by Crippen LogP contribution is -2.42.